The molecule has 1 atom stereocenters. The van der Waals surface area contributed by atoms with Gasteiger partial charge in [-0.25, -0.2) is 8.42 Å². The molecule has 1 aliphatic heterocycles. The molecule has 2 aromatic carbocycles. The fourth-order valence-electron chi connectivity index (χ4n) is 3.39. The normalized spacial score (nSPS) is 18.5. The summed E-state index contributed by atoms with van der Waals surface area (Å²) in [5.41, 5.74) is -1.03. The summed E-state index contributed by atoms with van der Waals surface area (Å²) in [6.07, 6.45) is -4.62. The SMILES string of the molecule is C[C@@H]1CN(c2ccc(C#N)cc2C(F)(F)F)CCN1S(=O)(=O)c1cccc(Br)c1. The second-order valence-corrected chi connectivity index (χ2v) is 9.52. The summed E-state index contributed by atoms with van der Waals surface area (Å²) in [5.74, 6) is 0. The monoisotopic (exact) mass is 487 g/mol. The van der Waals surface area contributed by atoms with Crippen LogP contribution < -0.4 is 4.90 Å². The Balaban J connectivity index is 1.89. The molecule has 1 fully saturated rings. The first kappa shape index (κ1) is 21.6. The lowest BCUT2D eigenvalue weighted by Gasteiger charge is -2.40. The van der Waals surface area contributed by atoms with Gasteiger partial charge in [-0.2, -0.15) is 22.7 Å². The van der Waals surface area contributed by atoms with Crippen LogP contribution in [0.25, 0.3) is 0 Å². The number of anilines is 1. The van der Waals surface area contributed by atoms with Crippen molar-refractivity contribution in [3.05, 3.63) is 58.1 Å². The van der Waals surface area contributed by atoms with Gasteiger partial charge in [0.25, 0.3) is 0 Å². The molecule has 1 aliphatic rings. The first-order valence-electron chi connectivity index (χ1n) is 8.68. The lowest BCUT2D eigenvalue weighted by molar-refractivity contribution is -0.137. The predicted molar refractivity (Wildman–Crippen MR) is 106 cm³/mol. The molecule has 0 bridgehead atoms. The van der Waals surface area contributed by atoms with Gasteiger partial charge in [0.15, 0.2) is 0 Å². The summed E-state index contributed by atoms with van der Waals surface area (Å²) in [5, 5.41) is 8.92. The molecular weight excluding hydrogens is 471 g/mol. The zero-order valence-corrected chi connectivity index (χ0v) is 17.7. The van der Waals surface area contributed by atoms with Crippen molar-refractivity contribution in [2.24, 2.45) is 0 Å². The molecule has 5 nitrogen and oxygen atoms in total. The van der Waals surface area contributed by atoms with Crippen molar-refractivity contribution >= 4 is 31.6 Å². The lowest BCUT2D eigenvalue weighted by Crippen LogP contribution is -2.54. The van der Waals surface area contributed by atoms with Crippen LogP contribution in [0.2, 0.25) is 0 Å². The zero-order valence-electron chi connectivity index (χ0n) is 15.3. The number of nitriles is 1. The molecule has 154 valence electrons. The molecule has 3 rings (SSSR count). The highest BCUT2D eigenvalue weighted by atomic mass is 79.9. The molecule has 0 saturated carbocycles. The van der Waals surface area contributed by atoms with Gasteiger partial charge in [-0.05, 0) is 43.3 Å². The molecule has 2 aromatic rings. The second kappa shape index (κ2) is 7.97. The average Bonchev–Trinajstić information content (AvgIpc) is 2.66. The fourth-order valence-corrected chi connectivity index (χ4v) is 5.60. The summed E-state index contributed by atoms with van der Waals surface area (Å²) in [7, 11) is -3.78. The van der Waals surface area contributed by atoms with Gasteiger partial charge in [0, 0.05) is 35.8 Å². The Morgan fingerprint density at radius 1 is 1.17 bits per heavy atom. The van der Waals surface area contributed by atoms with E-state index in [0.717, 1.165) is 6.07 Å². The minimum absolute atomic E-state index is 0.0489. The van der Waals surface area contributed by atoms with Gasteiger partial charge in [0.05, 0.1) is 22.1 Å². The number of sulfonamides is 1. The Kier molecular flexibility index (Phi) is 5.94. The van der Waals surface area contributed by atoms with E-state index >= 15 is 0 Å². The summed E-state index contributed by atoms with van der Waals surface area (Å²) in [6, 6.07) is 10.9. The Bertz CT molecular complexity index is 1070. The van der Waals surface area contributed by atoms with Crippen molar-refractivity contribution in [1.82, 2.24) is 4.31 Å². The largest absolute Gasteiger partial charge is 0.418 e. The van der Waals surface area contributed by atoms with Crippen molar-refractivity contribution in [2.75, 3.05) is 24.5 Å². The smallest absolute Gasteiger partial charge is 0.368 e. The van der Waals surface area contributed by atoms with Crippen LogP contribution >= 0.6 is 15.9 Å². The maximum Gasteiger partial charge on any atom is 0.418 e. The van der Waals surface area contributed by atoms with Gasteiger partial charge >= 0.3 is 6.18 Å². The van der Waals surface area contributed by atoms with Crippen LogP contribution in [-0.4, -0.2) is 38.4 Å². The molecule has 0 aliphatic carbocycles. The third-order valence-electron chi connectivity index (χ3n) is 4.74. The first-order chi connectivity index (χ1) is 13.5. The molecule has 0 radical (unpaired) electrons. The molecule has 0 N–H and O–H groups in total. The Morgan fingerprint density at radius 2 is 1.90 bits per heavy atom. The van der Waals surface area contributed by atoms with Gasteiger partial charge in [-0.1, -0.05) is 22.0 Å². The van der Waals surface area contributed by atoms with E-state index in [1.807, 2.05) is 0 Å². The molecule has 0 unspecified atom stereocenters. The topological polar surface area (TPSA) is 64.4 Å². The number of piperazine rings is 1. The average molecular weight is 488 g/mol. The zero-order chi connectivity index (χ0) is 21.4. The van der Waals surface area contributed by atoms with Gasteiger partial charge < -0.3 is 4.90 Å². The molecular formula is C19H17BrF3N3O2S. The van der Waals surface area contributed by atoms with E-state index in [9.17, 15) is 21.6 Å². The highest BCUT2D eigenvalue weighted by Gasteiger charge is 2.38. The van der Waals surface area contributed by atoms with E-state index in [2.05, 4.69) is 15.9 Å². The highest BCUT2D eigenvalue weighted by molar-refractivity contribution is 9.10. The van der Waals surface area contributed by atoms with E-state index in [1.54, 1.807) is 25.1 Å². The number of alkyl halides is 3. The summed E-state index contributed by atoms with van der Waals surface area (Å²) in [6.45, 7) is 1.92. The third-order valence-corrected chi connectivity index (χ3v) is 7.24. The van der Waals surface area contributed by atoms with Crippen molar-refractivity contribution in [2.45, 2.75) is 24.0 Å². The summed E-state index contributed by atoms with van der Waals surface area (Å²) < 4.78 is 68.4. The van der Waals surface area contributed by atoms with Crippen LogP contribution in [0.4, 0.5) is 18.9 Å². The third kappa shape index (κ3) is 4.42. The molecule has 0 spiro atoms. The van der Waals surface area contributed by atoms with Crippen LogP contribution in [0.3, 0.4) is 0 Å². The van der Waals surface area contributed by atoms with Crippen molar-refractivity contribution in [3.63, 3.8) is 0 Å². The lowest BCUT2D eigenvalue weighted by atomic mass is 10.1. The number of hydrogen-bond acceptors (Lipinski definition) is 4. The van der Waals surface area contributed by atoms with Crippen LogP contribution in [0.5, 0.6) is 0 Å². The Morgan fingerprint density at radius 3 is 2.48 bits per heavy atom. The maximum absolute atomic E-state index is 13.5. The molecule has 1 heterocycles. The number of benzene rings is 2. The maximum atomic E-state index is 13.5. The van der Waals surface area contributed by atoms with Gasteiger partial charge in [0.1, 0.15) is 0 Å². The van der Waals surface area contributed by atoms with Crippen LogP contribution in [0.1, 0.15) is 18.1 Å². The van der Waals surface area contributed by atoms with Crippen molar-refractivity contribution < 1.29 is 21.6 Å². The summed E-state index contributed by atoms with van der Waals surface area (Å²) in [4.78, 5) is 1.64. The summed E-state index contributed by atoms with van der Waals surface area (Å²) >= 11 is 3.25. The molecule has 1 saturated heterocycles. The van der Waals surface area contributed by atoms with Crippen molar-refractivity contribution in [1.29, 1.82) is 5.26 Å². The van der Waals surface area contributed by atoms with E-state index in [-0.39, 0.29) is 35.8 Å². The number of rotatable bonds is 3. The fraction of sp³-hybridized carbons (Fsp3) is 0.316. The quantitative estimate of drug-likeness (QED) is 0.649. The molecule has 29 heavy (non-hydrogen) atoms. The highest BCUT2D eigenvalue weighted by Crippen LogP contribution is 2.38. The van der Waals surface area contributed by atoms with Crippen LogP contribution in [0.15, 0.2) is 51.8 Å². The van der Waals surface area contributed by atoms with Crippen molar-refractivity contribution in [3.8, 4) is 6.07 Å². The van der Waals surface area contributed by atoms with Gasteiger partial charge in [-0.3, -0.25) is 0 Å². The minimum Gasteiger partial charge on any atom is -0.368 e. The number of halogens is 4. The van der Waals surface area contributed by atoms with E-state index in [4.69, 9.17) is 5.26 Å². The second-order valence-electron chi connectivity index (χ2n) is 6.71. The predicted octanol–water partition coefficient (Wildman–Crippen LogP) is 4.24. The minimum atomic E-state index is -4.62. The molecule has 10 heteroatoms. The van der Waals surface area contributed by atoms with E-state index in [1.165, 1.54) is 33.5 Å². The standard InChI is InChI=1S/C19H17BrF3N3O2S/c1-13-12-25(18-6-5-14(11-24)9-17(18)19(21,22)23)7-8-26(13)29(27,28)16-4-2-3-15(20)10-16/h2-6,9-10,13H,7-8,12H2,1H3/t13-/m1/s1. The van der Waals surface area contributed by atoms with Gasteiger partial charge in [-0.15, -0.1) is 0 Å². The molecule has 0 amide bonds. The molecule has 0 aromatic heterocycles. The van der Waals surface area contributed by atoms with Gasteiger partial charge in [0.2, 0.25) is 10.0 Å². The number of nitrogens with zero attached hydrogens (tertiary/aromatic N) is 3. The van der Waals surface area contributed by atoms with Crippen LogP contribution in [0, 0.1) is 11.3 Å². The Labute approximate surface area is 175 Å². The first-order valence-corrected chi connectivity index (χ1v) is 10.9. The Hall–Kier alpha value is -2.09. The number of hydrogen-bond donors (Lipinski definition) is 0. The van der Waals surface area contributed by atoms with E-state index < -0.39 is 27.8 Å². The van der Waals surface area contributed by atoms with Crippen LogP contribution in [-0.2, 0) is 16.2 Å². The van der Waals surface area contributed by atoms with E-state index in [0.29, 0.717) is 4.47 Å².